The Morgan fingerprint density at radius 2 is 1.82 bits per heavy atom. The van der Waals surface area contributed by atoms with E-state index in [4.69, 9.17) is 0 Å². The summed E-state index contributed by atoms with van der Waals surface area (Å²) in [5, 5.41) is 11.5. The lowest BCUT2D eigenvalue weighted by molar-refractivity contribution is 1.12. The van der Waals surface area contributed by atoms with Gasteiger partial charge in [-0.2, -0.15) is 5.10 Å². The van der Waals surface area contributed by atoms with Gasteiger partial charge in [-0.25, -0.2) is 9.97 Å². The molecule has 2 aromatic heterocycles. The van der Waals surface area contributed by atoms with Crippen LogP contribution in [0.5, 0.6) is 0 Å². The lowest BCUT2D eigenvalue weighted by atomic mass is 10.0. The molecular weight excluding hydrogens is 212 g/mol. The van der Waals surface area contributed by atoms with Crippen LogP contribution in [0.3, 0.4) is 0 Å². The molecule has 80 valence electrons. The predicted octanol–water partition coefficient (Wildman–Crippen LogP) is 2.66. The molecule has 4 aromatic rings. The fraction of sp³-hybridized carbons (Fsp3) is 0. The van der Waals surface area contributed by atoms with E-state index in [9.17, 15) is 0 Å². The summed E-state index contributed by atoms with van der Waals surface area (Å²) >= 11 is 0. The minimum atomic E-state index is 0.987. The van der Waals surface area contributed by atoms with Crippen molar-refractivity contribution in [2.45, 2.75) is 0 Å². The highest BCUT2D eigenvalue weighted by atomic mass is 15.1. The molecule has 0 aliphatic rings. The molecule has 1 N–H and O–H groups in total. The standard InChI is InChI=1S/C13H8N4/c1-2-9-10(13-8(1)5-14-7-15-13)3-4-12-11(9)6-16-17-12/h1-7H,(H,16,17). The summed E-state index contributed by atoms with van der Waals surface area (Å²) in [6, 6.07) is 8.25. The van der Waals surface area contributed by atoms with Crippen LogP contribution in [-0.2, 0) is 0 Å². The number of hydrogen-bond donors (Lipinski definition) is 1. The summed E-state index contributed by atoms with van der Waals surface area (Å²) in [6.07, 6.45) is 5.27. The van der Waals surface area contributed by atoms with Gasteiger partial charge in [0.25, 0.3) is 0 Å². The summed E-state index contributed by atoms with van der Waals surface area (Å²) in [5.41, 5.74) is 2.03. The molecule has 17 heavy (non-hydrogen) atoms. The lowest BCUT2D eigenvalue weighted by Crippen LogP contribution is -1.83. The van der Waals surface area contributed by atoms with Crippen molar-refractivity contribution in [3.63, 3.8) is 0 Å². The summed E-state index contributed by atoms with van der Waals surface area (Å²) < 4.78 is 0. The number of rotatable bonds is 0. The number of aromatic amines is 1. The molecule has 0 fully saturated rings. The van der Waals surface area contributed by atoms with Crippen LogP contribution in [0, 0.1) is 0 Å². The van der Waals surface area contributed by atoms with Crippen LogP contribution in [0.2, 0.25) is 0 Å². The summed E-state index contributed by atoms with van der Waals surface area (Å²) in [6.45, 7) is 0. The van der Waals surface area contributed by atoms with Gasteiger partial charge in [0.05, 0.1) is 17.2 Å². The Bertz CT molecular complexity index is 848. The van der Waals surface area contributed by atoms with Gasteiger partial charge in [0.2, 0.25) is 0 Å². The van der Waals surface area contributed by atoms with E-state index < -0.39 is 0 Å². The van der Waals surface area contributed by atoms with Gasteiger partial charge in [0, 0.05) is 22.4 Å². The highest BCUT2D eigenvalue weighted by Crippen LogP contribution is 2.28. The molecule has 0 radical (unpaired) electrons. The normalized spacial score (nSPS) is 11.5. The highest BCUT2D eigenvalue weighted by molar-refractivity contribution is 6.14. The monoisotopic (exact) mass is 220 g/mol. The fourth-order valence-electron chi connectivity index (χ4n) is 2.29. The molecule has 4 nitrogen and oxygen atoms in total. The molecule has 0 unspecified atom stereocenters. The minimum Gasteiger partial charge on any atom is -0.278 e. The first-order chi connectivity index (χ1) is 8.43. The fourth-order valence-corrected chi connectivity index (χ4v) is 2.29. The van der Waals surface area contributed by atoms with E-state index in [1.54, 1.807) is 6.33 Å². The molecule has 0 amide bonds. The van der Waals surface area contributed by atoms with E-state index >= 15 is 0 Å². The summed E-state index contributed by atoms with van der Waals surface area (Å²) in [7, 11) is 0. The maximum absolute atomic E-state index is 4.36. The average molecular weight is 220 g/mol. The van der Waals surface area contributed by atoms with Crippen molar-refractivity contribution in [2.75, 3.05) is 0 Å². The van der Waals surface area contributed by atoms with E-state index in [0.29, 0.717) is 0 Å². The molecule has 2 aromatic carbocycles. The van der Waals surface area contributed by atoms with Gasteiger partial charge < -0.3 is 0 Å². The van der Waals surface area contributed by atoms with Crippen molar-refractivity contribution in [1.82, 2.24) is 20.2 Å². The molecule has 0 saturated carbocycles. The van der Waals surface area contributed by atoms with E-state index in [1.165, 1.54) is 5.39 Å². The Morgan fingerprint density at radius 1 is 0.882 bits per heavy atom. The van der Waals surface area contributed by atoms with Crippen LogP contribution in [0.15, 0.2) is 43.0 Å². The molecule has 4 rings (SSSR count). The maximum Gasteiger partial charge on any atom is 0.116 e. The van der Waals surface area contributed by atoms with Crippen LogP contribution >= 0.6 is 0 Å². The maximum atomic E-state index is 4.36. The molecule has 0 spiro atoms. The number of nitrogens with one attached hydrogen (secondary N) is 1. The van der Waals surface area contributed by atoms with E-state index in [0.717, 1.165) is 27.2 Å². The number of aromatic nitrogens is 4. The molecule has 0 aliphatic heterocycles. The topological polar surface area (TPSA) is 54.5 Å². The zero-order valence-corrected chi connectivity index (χ0v) is 8.88. The number of nitrogens with zero attached hydrogens (tertiary/aromatic N) is 3. The second kappa shape index (κ2) is 3.01. The second-order valence-electron chi connectivity index (χ2n) is 4.02. The first kappa shape index (κ1) is 8.64. The number of hydrogen-bond acceptors (Lipinski definition) is 3. The Balaban J connectivity index is 2.34. The van der Waals surface area contributed by atoms with Crippen LogP contribution in [0.4, 0.5) is 0 Å². The third-order valence-electron chi connectivity index (χ3n) is 3.09. The van der Waals surface area contributed by atoms with Crippen molar-refractivity contribution < 1.29 is 0 Å². The number of H-pyrrole nitrogens is 1. The molecule has 0 aliphatic carbocycles. The van der Waals surface area contributed by atoms with Gasteiger partial charge in [-0.3, -0.25) is 5.10 Å². The zero-order valence-electron chi connectivity index (χ0n) is 8.88. The molecule has 2 heterocycles. The predicted molar refractivity (Wildman–Crippen MR) is 66.7 cm³/mol. The van der Waals surface area contributed by atoms with Gasteiger partial charge in [0.15, 0.2) is 0 Å². The van der Waals surface area contributed by atoms with Crippen molar-refractivity contribution in [3.05, 3.63) is 43.0 Å². The Labute approximate surface area is 96.3 Å². The summed E-state index contributed by atoms with van der Waals surface area (Å²) in [4.78, 5) is 8.40. The Kier molecular flexibility index (Phi) is 1.53. The quantitative estimate of drug-likeness (QED) is 0.463. The van der Waals surface area contributed by atoms with Crippen LogP contribution in [-0.4, -0.2) is 20.2 Å². The third kappa shape index (κ3) is 1.09. The third-order valence-corrected chi connectivity index (χ3v) is 3.09. The van der Waals surface area contributed by atoms with Gasteiger partial charge in [-0.15, -0.1) is 0 Å². The molecular formula is C13H8N4. The smallest absolute Gasteiger partial charge is 0.116 e. The van der Waals surface area contributed by atoms with Crippen LogP contribution < -0.4 is 0 Å². The van der Waals surface area contributed by atoms with Gasteiger partial charge in [-0.1, -0.05) is 18.2 Å². The Morgan fingerprint density at radius 3 is 2.82 bits per heavy atom. The molecule has 0 saturated heterocycles. The van der Waals surface area contributed by atoms with Gasteiger partial charge in [0.1, 0.15) is 6.33 Å². The first-order valence-corrected chi connectivity index (χ1v) is 5.38. The molecule has 4 heteroatoms. The number of fused-ring (bicyclic) bond motifs is 5. The largest absolute Gasteiger partial charge is 0.278 e. The van der Waals surface area contributed by atoms with E-state index in [1.807, 2.05) is 24.5 Å². The van der Waals surface area contributed by atoms with E-state index in [-0.39, 0.29) is 0 Å². The van der Waals surface area contributed by atoms with Crippen LogP contribution in [0.1, 0.15) is 0 Å². The van der Waals surface area contributed by atoms with Crippen molar-refractivity contribution in [3.8, 4) is 0 Å². The van der Waals surface area contributed by atoms with Gasteiger partial charge in [-0.05, 0) is 11.5 Å². The van der Waals surface area contributed by atoms with Crippen molar-refractivity contribution >= 4 is 32.6 Å². The van der Waals surface area contributed by atoms with Gasteiger partial charge >= 0.3 is 0 Å². The lowest BCUT2D eigenvalue weighted by Gasteiger charge is -2.02. The SMILES string of the molecule is c1ncc2ccc3c4cn[nH]c4ccc3c2n1. The Hall–Kier alpha value is -2.49. The average Bonchev–Trinajstić information content (AvgIpc) is 2.86. The van der Waals surface area contributed by atoms with Crippen molar-refractivity contribution in [2.24, 2.45) is 0 Å². The molecule has 0 atom stereocenters. The number of benzene rings is 2. The second-order valence-corrected chi connectivity index (χ2v) is 4.02. The van der Waals surface area contributed by atoms with E-state index in [2.05, 4.69) is 32.3 Å². The van der Waals surface area contributed by atoms with Crippen molar-refractivity contribution in [1.29, 1.82) is 0 Å². The summed E-state index contributed by atoms with van der Waals surface area (Å²) in [5.74, 6) is 0. The highest BCUT2D eigenvalue weighted by Gasteiger charge is 2.05. The first-order valence-electron chi connectivity index (χ1n) is 5.38. The zero-order chi connectivity index (χ0) is 11.2. The minimum absolute atomic E-state index is 0.987. The molecule has 0 bridgehead atoms. The van der Waals surface area contributed by atoms with Crippen LogP contribution in [0.25, 0.3) is 32.6 Å².